The molecule has 0 amide bonds. The smallest absolute Gasteiger partial charge is 0.433 e. The number of benzene rings is 3. The van der Waals surface area contributed by atoms with E-state index < -0.39 is 93.9 Å². The zero-order chi connectivity index (χ0) is 54.0. The summed E-state index contributed by atoms with van der Waals surface area (Å²) in [6.07, 6.45) is -12.4. The number of carbonyl (C=O) groups is 2. The summed E-state index contributed by atoms with van der Waals surface area (Å²) in [7, 11) is -1.52. The van der Waals surface area contributed by atoms with Crippen LogP contribution in [0.1, 0.15) is 48.2 Å². The van der Waals surface area contributed by atoms with E-state index >= 15 is 0 Å². The third-order valence-electron chi connectivity index (χ3n) is 11.7. The molecule has 2 aromatic heterocycles. The quantitative estimate of drug-likeness (QED) is 0.0587. The predicted octanol–water partition coefficient (Wildman–Crippen LogP) is 9.93. The van der Waals surface area contributed by atoms with Gasteiger partial charge < -0.3 is 24.3 Å². The van der Waals surface area contributed by atoms with Crippen molar-refractivity contribution >= 4 is 34.0 Å². The first-order valence-electron chi connectivity index (χ1n) is 22.8. The molecule has 1 N–H and O–H groups in total. The Labute approximate surface area is 430 Å². The van der Waals surface area contributed by atoms with Gasteiger partial charge in [-0.25, -0.2) is 40.3 Å². The summed E-state index contributed by atoms with van der Waals surface area (Å²) >= 11 is 0. The molecule has 2 saturated heterocycles. The molecule has 0 bridgehead atoms. The van der Waals surface area contributed by atoms with Crippen LogP contribution >= 0.6 is 12.4 Å². The third-order valence-corrected chi connectivity index (χ3v) is 13.6. The Kier molecular flexibility index (Phi) is 21.1. The van der Waals surface area contributed by atoms with Crippen molar-refractivity contribution in [3.05, 3.63) is 125 Å². The topological polar surface area (TPSA) is 146 Å². The number of carbonyl (C=O) groups excluding carboxylic acids is 2. The fourth-order valence-corrected chi connectivity index (χ4v) is 9.72. The molecular weight excluding hydrogens is 1060 g/mol. The van der Waals surface area contributed by atoms with E-state index in [0.29, 0.717) is 5.56 Å². The summed E-state index contributed by atoms with van der Waals surface area (Å²) in [5, 5.41) is 2.81. The SMILES string of the molecule is COCCOc1nc(C(F)(F)F)ccc1-c1cc(F)cc(CCC(=O)[C@@H]2C[C@@H](F)CN2)c1.COCCOc1nc(C(F)(F)F)ccc1-c1cc(F)cc(CCC(=O)[C@@H]2C[C@@H](F)CN2S(=O)(=O)c2ccc(F)cc2)c1.Cl. The Morgan fingerprint density at radius 1 is 0.640 bits per heavy atom. The maximum Gasteiger partial charge on any atom is 0.433 e. The molecule has 5 aromatic rings. The number of nitrogens with one attached hydrogen (secondary N) is 1. The average molecular weight is 1110 g/mol. The van der Waals surface area contributed by atoms with Crippen molar-refractivity contribution in [2.75, 3.05) is 53.7 Å². The maximum absolute atomic E-state index is 14.6. The normalized spacial score (nSPS) is 18.0. The van der Waals surface area contributed by atoms with Crippen LogP contribution in [-0.2, 0) is 54.3 Å². The number of rotatable bonds is 20. The molecule has 0 saturated carbocycles. The Balaban J connectivity index is 0.000000284. The van der Waals surface area contributed by atoms with Gasteiger partial charge in [0.05, 0.1) is 30.2 Å². The van der Waals surface area contributed by atoms with E-state index in [-0.39, 0.29) is 128 Å². The van der Waals surface area contributed by atoms with Crippen LogP contribution < -0.4 is 14.8 Å². The van der Waals surface area contributed by atoms with Crippen molar-refractivity contribution < 1.29 is 85.2 Å². The lowest BCUT2D eigenvalue weighted by molar-refractivity contribution is -0.142. The van der Waals surface area contributed by atoms with Crippen LogP contribution in [0.5, 0.6) is 11.8 Å². The molecule has 0 unspecified atom stereocenters. The fourth-order valence-electron chi connectivity index (χ4n) is 8.07. The maximum atomic E-state index is 14.6. The lowest BCUT2D eigenvalue weighted by Crippen LogP contribution is -2.40. The Morgan fingerprint density at radius 3 is 1.56 bits per heavy atom. The van der Waals surface area contributed by atoms with Crippen molar-refractivity contribution in [2.24, 2.45) is 0 Å². The second kappa shape index (κ2) is 26.3. The second-order valence-electron chi connectivity index (χ2n) is 17.1. The molecule has 25 heteroatoms. The molecule has 0 spiro atoms. The van der Waals surface area contributed by atoms with Crippen molar-refractivity contribution in [3.63, 3.8) is 0 Å². The van der Waals surface area contributed by atoms with Gasteiger partial charge in [0.15, 0.2) is 5.78 Å². The number of ether oxygens (including phenoxy) is 4. The van der Waals surface area contributed by atoms with E-state index in [4.69, 9.17) is 18.9 Å². The molecule has 2 fully saturated rings. The van der Waals surface area contributed by atoms with Gasteiger partial charge in [0.25, 0.3) is 0 Å². The summed E-state index contributed by atoms with van der Waals surface area (Å²) in [5.74, 6) is -3.49. The molecule has 75 heavy (non-hydrogen) atoms. The number of Topliss-reactive ketones (excluding diaryl/α,β-unsaturated/α-hetero) is 2. The van der Waals surface area contributed by atoms with E-state index in [9.17, 15) is 66.3 Å². The molecule has 12 nitrogen and oxygen atoms in total. The van der Waals surface area contributed by atoms with Crippen LogP contribution in [0.4, 0.5) is 48.3 Å². The monoisotopic (exact) mass is 1110 g/mol. The molecular formula is C50H50ClF11N4O8S. The fraction of sp³-hybridized carbons (Fsp3) is 0.400. The number of hydrogen-bond donors (Lipinski definition) is 1. The number of ketones is 2. The van der Waals surface area contributed by atoms with Gasteiger partial charge in [0, 0.05) is 64.1 Å². The minimum absolute atomic E-state index is 0. The highest BCUT2D eigenvalue weighted by molar-refractivity contribution is 7.89. The first-order chi connectivity index (χ1) is 35.0. The van der Waals surface area contributed by atoms with E-state index in [2.05, 4.69) is 15.3 Å². The van der Waals surface area contributed by atoms with E-state index in [1.54, 1.807) is 6.07 Å². The van der Waals surface area contributed by atoms with Crippen molar-refractivity contribution in [1.82, 2.24) is 19.6 Å². The average Bonchev–Trinajstić information content (AvgIpc) is 3.98. The molecule has 408 valence electrons. The number of hydrogen-bond acceptors (Lipinski definition) is 11. The highest BCUT2D eigenvalue weighted by Crippen LogP contribution is 2.38. The van der Waals surface area contributed by atoms with Gasteiger partial charge in [-0.05, 0) is 108 Å². The highest BCUT2D eigenvalue weighted by Gasteiger charge is 2.44. The van der Waals surface area contributed by atoms with Gasteiger partial charge in [0.1, 0.15) is 60.2 Å². The summed E-state index contributed by atoms with van der Waals surface area (Å²) in [4.78, 5) is 32.2. The van der Waals surface area contributed by atoms with E-state index in [0.717, 1.165) is 65.0 Å². The molecule has 4 heterocycles. The molecule has 2 aliphatic heterocycles. The first-order valence-corrected chi connectivity index (χ1v) is 24.2. The number of aromatic nitrogens is 2. The van der Waals surface area contributed by atoms with Crippen LogP contribution in [0.25, 0.3) is 22.3 Å². The van der Waals surface area contributed by atoms with Gasteiger partial charge >= 0.3 is 12.4 Å². The molecule has 0 radical (unpaired) electrons. The molecule has 3 aromatic carbocycles. The lowest BCUT2D eigenvalue weighted by Gasteiger charge is -2.23. The Bertz CT molecular complexity index is 2870. The van der Waals surface area contributed by atoms with E-state index in [1.165, 1.54) is 32.4 Å². The first kappa shape index (κ1) is 60.1. The van der Waals surface area contributed by atoms with Crippen molar-refractivity contribution in [3.8, 4) is 34.0 Å². The van der Waals surface area contributed by atoms with Crippen LogP contribution in [0.3, 0.4) is 0 Å². The standard InChI is InChI=1S/C28H26F6N2O5S.C22H23F5N2O3.ClH/c1-40-10-11-41-27-23(7-9-26(35-27)28(32,33)34)18-12-17(13-20(30)14-18)2-8-25(37)24-15-21(31)16-36(24)42(38,39)22-5-3-19(29)4-6-22;1-31-6-7-32-21-17(3-5-20(29-21)22(25,26)27)14-8-13(9-15(23)10-14)2-4-19(30)18-11-16(24)12-28-18;/h3-7,9,12-14,21,24H,2,8,10-11,15-16H2,1H3;3,5,8-10,16,18,28H,2,4,6-7,11-12H2,1H3;1H/t21-,24+;16-,18+;/m11./s1. The summed E-state index contributed by atoms with van der Waals surface area (Å²) in [6.45, 7) is -0.396. The number of sulfonamides is 1. The van der Waals surface area contributed by atoms with Crippen molar-refractivity contribution in [2.45, 2.75) is 80.2 Å². The van der Waals surface area contributed by atoms with Crippen LogP contribution in [0.15, 0.2) is 89.8 Å². The Morgan fingerprint density at radius 2 is 1.12 bits per heavy atom. The van der Waals surface area contributed by atoms with Gasteiger partial charge in [-0.1, -0.05) is 12.1 Å². The summed E-state index contributed by atoms with van der Waals surface area (Å²) in [6, 6.07) is 13.5. The number of pyridine rings is 2. The number of alkyl halides is 8. The van der Waals surface area contributed by atoms with Gasteiger partial charge in [-0.3, -0.25) is 9.59 Å². The number of halogens is 12. The van der Waals surface area contributed by atoms with Crippen molar-refractivity contribution in [1.29, 1.82) is 0 Å². The molecule has 7 rings (SSSR count). The summed E-state index contributed by atoms with van der Waals surface area (Å²) < 4.78 is 196. The number of nitrogens with zero attached hydrogens (tertiary/aromatic N) is 3. The summed E-state index contributed by atoms with van der Waals surface area (Å²) in [5.41, 5.74) is -0.928. The highest BCUT2D eigenvalue weighted by atomic mass is 35.5. The minimum atomic E-state index is -4.75. The van der Waals surface area contributed by atoms with Gasteiger partial charge in [-0.2, -0.15) is 30.6 Å². The largest absolute Gasteiger partial charge is 0.475 e. The zero-order valence-corrected chi connectivity index (χ0v) is 41.6. The third kappa shape index (κ3) is 16.4. The Hall–Kier alpha value is -5.79. The minimum Gasteiger partial charge on any atom is -0.475 e. The predicted molar refractivity (Wildman–Crippen MR) is 253 cm³/mol. The van der Waals surface area contributed by atoms with Crippen LogP contribution in [-0.4, -0.2) is 112 Å². The molecule has 0 aliphatic carbocycles. The van der Waals surface area contributed by atoms with E-state index in [1.807, 2.05) is 0 Å². The molecule has 2 aliphatic rings. The van der Waals surface area contributed by atoms with Crippen LogP contribution in [0.2, 0.25) is 0 Å². The van der Waals surface area contributed by atoms with Crippen LogP contribution in [0, 0.1) is 17.5 Å². The molecule has 4 atom stereocenters. The number of methoxy groups -OCH3 is 2. The zero-order valence-electron chi connectivity index (χ0n) is 40.0. The lowest BCUT2D eigenvalue weighted by atomic mass is 9.98. The van der Waals surface area contributed by atoms with Gasteiger partial charge in [0.2, 0.25) is 21.8 Å². The second-order valence-corrected chi connectivity index (χ2v) is 19.0. The number of aryl methyl sites for hydroxylation is 2. The van der Waals surface area contributed by atoms with Gasteiger partial charge in [-0.15, -0.1) is 12.4 Å².